The highest BCUT2D eigenvalue weighted by molar-refractivity contribution is 5.80. The molecule has 2 atom stereocenters. The van der Waals surface area contributed by atoms with Crippen molar-refractivity contribution in [1.29, 1.82) is 0 Å². The van der Waals surface area contributed by atoms with E-state index in [1.165, 1.54) is 24.0 Å². The topological polar surface area (TPSA) is 90.7 Å². The van der Waals surface area contributed by atoms with Gasteiger partial charge in [0.2, 0.25) is 0 Å². The lowest BCUT2D eigenvalue weighted by Gasteiger charge is -2.41. The number of anilines is 1. The summed E-state index contributed by atoms with van der Waals surface area (Å²) in [5.41, 5.74) is 4.77. The SMILES string of the molecule is CCOC(=O)C(OC(C)(C)C)c1c(C)nc2cc3nn2c1N1CCC(C)(CC1)OCCCCC(C)Oc1cc(C)ccc1CN(C1CC1)C3. The number of carbonyl (C=O) groups excluding carboxylic acids is 1. The van der Waals surface area contributed by atoms with Crippen molar-refractivity contribution >= 4 is 17.4 Å². The number of esters is 1. The molecule has 10 heteroatoms. The van der Waals surface area contributed by atoms with Gasteiger partial charge in [0.1, 0.15) is 11.6 Å². The predicted molar refractivity (Wildman–Crippen MR) is 191 cm³/mol. The number of aromatic nitrogens is 3. The van der Waals surface area contributed by atoms with Gasteiger partial charge in [0.15, 0.2) is 11.8 Å². The van der Waals surface area contributed by atoms with Crippen molar-refractivity contribution in [2.45, 2.75) is 143 Å². The summed E-state index contributed by atoms with van der Waals surface area (Å²) in [7, 11) is 0. The molecular weight excluding hydrogens is 618 g/mol. The molecule has 5 heterocycles. The quantitative estimate of drug-likeness (QED) is 0.259. The number of rotatable bonds is 5. The van der Waals surface area contributed by atoms with Crippen LogP contribution in [0.15, 0.2) is 24.3 Å². The number of carbonyl (C=O) groups is 1. The van der Waals surface area contributed by atoms with E-state index < -0.39 is 17.7 Å². The Labute approximate surface area is 292 Å². The van der Waals surface area contributed by atoms with Crippen molar-refractivity contribution in [3.8, 4) is 5.75 Å². The summed E-state index contributed by atoms with van der Waals surface area (Å²) < 4.78 is 27.3. The number of piperidine rings is 1. The van der Waals surface area contributed by atoms with E-state index in [1.807, 2.05) is 39.1 Å². The Kier molecular flexibility index (Phi) is 10.6. The minimum Gasteiger partial charge on any atom is -0.490 e. The fourth-order valence-electron chi connectivity index (χ4n) is 7.19. The molecular formula is C39H57N5O5. The van der Waals surface area contributed by atoms with E-state index in [1.54, 1.807) is 0 Å². The van der Waals surface area contributed by atoms with Crippen LogP contribution in [0.3, 0.4) is 0 Å². The zero-order valence-corrected chi connectivity index (χ0v) is 31.0. The van der Waals surface area contributed by atoms with E-state index in [-0.39, 0.29) is 18.3 Å². The van der Waals surface area contributed by atoms with Gasteiger partial charge in [-0.25, -0.2) is 9.78 Å². The summed E-state index contributed by atoms with van der Waals surface area (Å²) in [6, 6.07) is 9.20. The zero-order chi connectivity index (χ0) is 34.9. The Hall–Kier alpha value is -3.21. The molecule has 3 aliphatic heterocycles. The second kappa shape index (κ2) is 14.6. The Morgan fingerprint density at radius 2 is 1.84 bits per heavy atom. The Balaban J connectivity index is 1.45. The third kappa shape index (κ3) is 8.58. The van der Waals surface area contributed by atoms with E-state index in [4.69, 9.17) is 29.0 Å². The number of hydrogen-bond donors (Lipinski definition) is 0. The molecule has 4 bridgehead atoms. The van der Waals surface area contributed by atoms with Crippen LogP contribution >= 0.6 is 0 Å². The molecule has 0 N–H and O–H groups in total. The smallest absolute Gasteiger partial charge is 0.340 e. The average Bonchev–Trinajstić information content (AvgIpc) is 3.80. The van der Waals surface area contributed by atoms with E-state index in [0.717, 1.165) is 92.5 Å². The Morgan fingerprint density at radius 1 is 1.08 bits per heavy atom. The molecule has 1 saturated carbocycles. The van der Waals surface area contributed by atoms with Crippen molar-refractivity contribution in [1.82, 2.24) is 19.5 Å². The molecule has 2 unspecified atom stereocenters. The molecule has 4 aliphatic rings. The van der Waals surface area contributed by atoms with Crippen LogP contribution in [0.25, 0.3) is 5.65 Å². The standard InChI is InChI=1S/C39H57N5O5/c1-9-46-37(45)35(49-38(5,6)7)34-28(4)40-33-23-30-25-43(31-15-16-31)24-29-14-13-26(2)22-32(29)48-27(3)12-10-11-21-47-39(8)17-19-42(20-18-39)36(34)44(33)41-30/h13-14,22-23,27,31,35H,9-12,15-21,24-25H2,1-8H3. The fourth-order valence-corrected chi connectivity index (χ4v) is 7.19. The van der Waals surface area contributed by atoms with Gasteiger partial charge >= 0.3 is 5.97 Å². The van der Waals surface area contributed by atoms with E-state index >= 15 is 0 Å². The summed E-state index contributed by atoms with van der Waals surface area (Å²) in [5, 5.41) is 5.25. The fraction of sp³-hybridized carbons (Fsp3) is 0.667. The van der Waals surface area contributed by atoms with E-state index in [9.17, 15) is 4.79 Å². The van der Waals surface area contributed by atoms with Crippen molar-refractivity contribution in [3.05, 3.63) is 52.3 Å². The van der Waals surface area contributed by atoms with Crippen LogP contribution in [0.4, 0.5) is 5.82 Å². The molecule has 49 heavy (non-hydrogen) atoms. The van der Waals surface area contributed by atoms with Crippen LogP contribution in [0.1, 0.15) is 121 Å². The second-order valence-corrected chi connectivity index (χ2v) is 15.7. The highest BCUT2D eigenvalue weighted by Gasteiger charge is 2.39. The molecule has 1 aliphatic carbocycles. The number of ether oxygens (including phenoxy) is 4. The van der Waals surface area contributed by atoms with Crippen LogP contribution in [-0.2, 0) is 32.1 Å². The first-order valence-corrected chi connectivity index (χ1v) is 18.5. The summed E-state index contributed by atoms with van der Waals surface area (Å²) in [6.45, 7) is 20.2. The number of benzene rings is 1. The predicted octanol–water partition coefficient (Wildman–Crippen LogP) is 7.26. The number of fused-ring (bicyclic) bond motifs is 10. The van der Waals surface area contributed by atoms with Crippen molar-refractivity contribution in [2.24, 2.45) is 0 Å². The molecule has 268 valence electrons. The van der Waals surface area contributed by atoms with Crippen LogP contribution in [0.2, 0.25) is 0 Å². The Morgan fingerprint density at radius 3 is 2.53 bits per heavy atom. The van der Waals surface area contributed by atoms with Gasteiger partial charge in [0, 0.05) is 56.2 Å². The average molecular weight is 676 g/mol. The first kappa shape index (κ1) is 35.6. The largest absolute Gasteiger partial charge is 0.490 e. The molecule has 2 fully saturated rings. The monoisotopic (exact) mass is 675 g/mol. The summed E-state index contributed by atoms with van der Waals surface area (Å²) in [6.07, 6.45) is 6.30. The molecule has 3 aromatic rings. The maximum Gasteiger partial charge on any atom is 0.340 e. The number of aryl methyl sites for hydroxylation is 2. The summed E-state index contributed by atoms with van der Waals surface area (Å²) in [4.78, 5) is 23.6. The summed E-state index contributed by atoms with van der Waals surface area (Å²) >= 11 is 0. The highest BCUT2D eigenvalue weighted by atomic mass is 16.6. The first-order chi connectivity index (χ1) is 23.3. The van der Waals surface area contributed by atoms with Gasteiger partial charge in [0.05, 0.1) is 35.2 Å². The lowest BCUT2D eigenvalue weighted by Crippen LogP contribution is -2.46. The molecule has 1 saturated heterocycles. The van der Waals surface area contributed by atoms with Crippen LogP contribution in [-0.4, -0.2) is 75.1 Å². The summed E-state index contributed by atoms with van der Waals surface area (Å²) in [5.74, 6) is 1.42. The van der Waals surface area contributed by atoms with Gasteiger partial charge in [-0.2, -0.15) is 9.61 Å². The maximum atomic E-state index is 13.6. The lowest BCUT2D eigenvalue weighted by atomic mass is 9.92. The lowest BCUT2D eigenvalue weighted by molar-refractivity contribution is -0.166. The zero-order valence-electron chi connectivity index (χ0n) is 31.0. The van der Waals surface area contributed by atoms with E-state index in [2.05, 4.69) is 54.8 Å². The minimum absolute atomic E-state index is 0.125. The maximum absolute atomic E-state index is 13.6. The molecule has 0 spiro atoms. The van der Waals surface area contributed by atoms with Gasteiger partial charge in [-0.3, -0.25) is 4.90 Å². The van der Waals surface area contributed by atoms with Gasteiger partial charge < -0.3 is 23.8 Å². The first-order valence-electron chi connectivity index (χ1n) is 18.5. The molecule has 0 radical (unpaired) electrons. The van der Waals surface area contributed by atoms with E-state index in [0.29, 0.717) is 12.6 Å². The van der Waals surface area contributed by atoms with Crippen molar-refractivity contribution in [2.75, 3.05) is 31.2 Å². The van der Waals surface area contributed by atoms with Gasteiger partial charge in [0.25, 0.3) is 0 Å². The van der Waals surface area contributed by atoms with Crippen LogP contribution in [0, 0.1) is 13.8 Å². The van der Waals surface area contributed by atoms with Gasteiger partial charge in [-0.15, -0.1) is 0 Å². The third-order valence-corrected chi connectivity index (χ3v) is 10.0. The van der Waals surface area contributed by atoms with Gasteiger partial charge in [-0.05, 0) is 112 Å². The third-order valence-electron chi connectivity index (χ3n) is 10.0. The second-order valence-electron chi connectivity index (χ2n) is 15.7. The normalized spacial score (nSPS) is 23.7. The Bertz CT molecular complexity index is 1620. The molecule has 2 aromatic heterocycles. The highest BCUT2D eigenvalue weighted by Crippen LogP contribution is 2.39. The molecule has 0 amide bonds. The minimum atomic E-state index is -0.945. The van der Waals surface area contributed by atoms with Crippen LogP contribution < -0.4 is 9.64 Å². The van der Waals surface area contributed by atoms with Crippen molar-refractivity contribution < 1.29 is 23.7 Å². The van der Waals surface area contributed by atoms with Crippen LogP contribution in [0.5, 0.6) is 5.75 Å². The number of hydrogen-bond acceptors (Lipinski definition) is 9. The number of nitrogens with zero attached hydrogens (tertiary/aromatic N) is 5. The molecule has 10 nitrogen and oxygen atoms in total. The van der Waals surface area contributed by atoms with Crippen molar-refractivity contribution in [3.63, 3.8) is 0 Å². The van der Waals surface area contributed by atoms with Gasteiger partial charge in [-0.1, -0.05) is 12.1 Å². The molecule has 1 aromatic carbocycles. The molecule has 7 rings (SSSR count).